The van der Waals surface area contributed by atoms with Crippen molar-refractivity contribution in [3.63, 3.8) is 0 Å². The van der Waals surface area contributed by atoms with E-state index >= 15 is 0 Å². The van der Waals surface area contributed by atoms with Crippen LogP contribution in [-0.2, 0) is 0 Å². The van der Waals surface area contributed by atoms with Crippen LogP contribution in [0.15, 0.2) is 52.4 Å². The van der Waals surface area contributed by atoms with Gasteiger partial charge in [-0.1, -0.05) is 18.2 Å². The minimum atomic E-state index is -0.258. The number of aromatic hydroxyl groups is 1. The number of aryl methyl sites for hydroxylation is 1. The fraction of sp³-hybridized carbons (Fsp3) is 0.118. The molecule has 3 rings (SSSR count). The van der Waals surface area contributed by atoms with E-state index in [0.717, 1.165) is 0 Å². The molecule has 0 spiro atoms. The third-order valence-electron chi connectivity index (χ3n) is 3.48. The van der Waals surface area contributed by atoms with Crippen LogP contribution < -0.4 is 10.3 Å². The molecule has 6 nitrogen and oxygen atoms in total. The van der Waals surface area contributed by atoms with E-state index in [9.17, 15) is 9.90 Å². The number of benzene rings is 2. The number of rotatable bonds is 3. The van der Waals surface area contributed by atoms with Gasteiger partial charge in [-0.2, -0.15) is 9.78 Å². The van der Waals surface area contributed by atoms with Gasteiger partial charge in [-0.05, 0) is 31.2 Å². The number of hydrogen-bond acceptors (Lipinski definition) is 5. The smallest absolute Gasteiger partial charge is 0.282 e. The van der Waals surface area contributed by atoms with E-state index in [1.54, 1.807) is 43.3 Å². The Bertz CT molecular complexity index is 961. The molecule has 1 aromatic heterocycles. The maximum absolute atomic E-state index is 12.5. The van der Waals surface area contributed by atoms with Crippen molar-refractivity contribution in [2.75, 3.05) is 7.11 Å². The topological polar surface area (TPSA) is 76.7 Å². The predicted molar refractivity (Wildman–Crippen MR) is 88.4 cm³/mol. The molecule has 0 bridgehead atoms. The van der Waals surface area contributed by atoms with Gasteiger partial charge in [0.2, 0.25) is 0 Å². The van der Waals surface area contributed by atoms with Crippen LogP contribution in [0.1, 0.15) is 11.4 Å². The second-order valence-electron chi connectivity index (χ2n) is 4.94. The highest BCUT2D eigenvalue weighted by Gasteiger charge is 2.08. The fourth-order valence-electron chi connectivity index (χ4n) is 2.30. The summed E-state index contributed by atoms with van der Waals surface area (Å²) in [6.45, 7) is 1.70. The van der Waals surface area contributed by atoms with Crippen LogP contribution in [0.4, 0.5) is 0 Å². The molecule has 0 atom stereocenters. The first-order chi connectivity index (χ1) is 11.1. The minimum Gasteiger partial charge on any atom is -0.504 e. The van der Waals surface area contributed by atoms with Crippen molar-refractivity contribution in [1.29, 1.82) is 0 Å². The maximum Gasteiger partial charge on any atom is 0.282 e. The predicted octanol–water partition coefficient (Wildman–Crippen LogP) is 2.30. The molecule has 0 saturated carbocycles. The summed E-state index contributed by atoms with van der Waals surface area (Å²) in [6, 6.07) is 12.1. The monoisotopic (exact) mass is 309 g/mol. The average Bonchev–Trinajstić information content (AvgIpc) is 2.56. The van der Waals surface area contributed by atoms with Crippen molar-refractivity contribution in [3.8, 4) is 11.5 Å². The summed E-state index contributed by atoms with van der Waals surface area (Å²) in [5.74, 6) is 0.778. The lowest BCUT2D eigenvalue weighted by Gasteiger charge is -2.07. The summed E-state index contributed by atoms with van der Waals surface area (Å²) >= 11 is 0. The highest BCUT2D eigenvalue weighted by atomic mass is 16.5. The number of hydrogen-bond donors (Lipinski definition) is 1. The Labute approximate surface area is 132 Å². The summed E-state index contributed by atoms with van der Waals surface area (Å²) in [5.41, 5.74) is 0.821. The number of fused-ring (bicyclic) bond motifs is 1. The first kappa shape index (κ1) is 14.8. The first-order valence-electron chi connectivity index (χ1n) is 7.00. The van der Waals surface area contributed by atoms with Crippen LogP contribution in [0.2, 0.25) is 0 Å². The molecule has 0 aliphatic carbocycles. The molecule has 6 heteroatoms. The van der Waals surface area contributed by atoms with Crippen molar-refractivity contribution >= 4 is 17.1 Å². The zero-order chi connectivity index (χ0) is 16.4. The molecule has 0 aliphatic heterocycles. The van der Waals surface area contributed by atoms with Gasteiger partial charge < -0.3 is 9.84 Å². The molecule has 1 N–H and O–H groups in total. The van der Waals surface area contributed by atoms with Crippen LogP contribution in [-0.4, -0.2) is 28.1 Å². The molecule has 0 fully saturated rings. The highest BCUT2D eigenvalue weighted by molar-refractivity contribution is 5.85. The molecule has 0 amide bonds. The van der Waals surface area contributed by atoms with Crippen LogP contribution in [0.5, 0.6) is 11.5 Å². The molecule has 0 saturated heterocycles. The molecule has 3 aromatic rings. The number of nitrogens with zero attached hydrogens (tertiary/aromatic N) is 3. The Kier molecular flexibility index (Phi) is 3.80. The van der Waals surface area contributed by atoms with E-state index < -0.39 is 0 Å². The Hall–Kier alpha value is -3.15. The Morgan fingerprint density at radius 2 is 2.00 bits per heavy atom. The molecule has 23 heavy (non-hydrogen) atoms. The summed E-state index contributed by atoms with van der Waals surface area (Å²) in [7, 11) is 1.47. The van der Waals surface area contributed by atoms with Crippen LogP contribution in [0.3, 0.4) is 0 Å². The van der Waals surface area contributed by atoms with E-state index in [0.29, 0.717) is 28.0 Å². The normalized spacial score (nSPS) is 11.2. The summed E-state index contributed by atoms with van der Waals surface area (Å²) in [4.78, 5) is 16.9. The number of para-hydroxylation sites is 2. The lowest BCUT2D eigenvalue weighted by Crippen LogP contribution is -2.20. The molecular weight excluding hydrogens is 294 g/mol. The van der Waals surface area contributed by atoms with E-state index in [-0.39, 0.29) is 11.3 Å². The number of aromatic nitrogens is 2. The van der Waals surface area contributed by atoms with Gasteiger partial charge in [-0.25, -0.2) is 4.98 Å². The van der Waals surface area contributed by atoms with Gasteiger partial charge in [0, 0.05) is 5.56 Å². The maximum atomic E-state index is 12.5. The second kappa shape index (κ2) is 5.92. The van der Waals surface area contributed by atoms with Gasteiger partial charge in [0.15, 0.2) is 11.5 Å². The van der Waals surface area contributed by atoms with Gasteiger partial charge in [-0.3, -0.25) is 4.79 Å². The SMILES string of the molecule is COc1cccc(/C=N\n2c(C)nc3ccccc3c2=O)c1O. The number of phenols is 1. The Morgan fingerprint density at radius 3 is 2.78 bits per heavy atom. The molecule has 0 unspecified atom stereocenters. The molecule has 116 valence electrons. The van der Waals surface area contributed by atoms with E-state index in [1.807, 2.05) is 6.07 Å². The Balaban J connectivity index is 2.10. The van der Waals surface area contributed by atoms with Gasteiger partial charge in [0.1, 0.15) is 5.82 Å². The molecule has 0 radical (unpaired) electrons. The summed E-state index contributed by atoms with van der Waals surface area (Å²) in [5, 5.41) is 14.7. The quantitative estimate of drug-likeness (QED) is 0.753. The molecule has 0 aliphatic rings. The van der Waals surface area contributed by atoms with Crippen molar-refractivity contribution in [3.05, 3.63) is 64.2 Å². The van der Waals surface area contributed by atoms with Crippen molar-refractivity contribution in [2.24, 2.45) is 5.10 Å². The van der Waals surface area contributed by atoms with Crippen molar-refractivity contribution in [1.82, 2.24) is 9.66 Å². The standard InChI is InChI=1S/C17H15N3O3/c1-11-19-14-8-4-3-7-13(14)17(22)20(11)18-10-12-6-5-9-15(23-2)16(12)21/h3-10,21H,1-2H3/b18-10-. The third kappa shape index (κ3) is 2.66. The second-order valence-corrected chi connectivity index (χ2v) is 4.94. The summed E-state index contributed by atoms with van der Waals surface area (Å²) < 4.78 is 6.26. The minimum absolute atomic E-state index is 0.0294. The van der Waals surface area contributed by atoms with E-state index in [1.165, 1.54) is 18.0 Å². The lowest BCUT2D eigenvalue weighted by atomic mass is 10.2. The number of phenolic OH excluding ortho intramolecular Hbond substituents is 1. The zero-order valence-corrected chi connectivity index (χ0v) is 12.7. The number of methoxy groups -OCH3 is 1. The van der Waals surface area contributed by atoms with Crippen LogP contribution >= 0.6 is 0 Å². The molecule has 2 aromatic carbocycles. The first-order valence-corrected chi connectivity index (χ1v) is 7.00. The third-order valence-corrected chi connectivity index (χ3v) is 3.48. The largest absolute Gasteiger partial charge is 0.504 e. The van der Waals surface area contributed by atoms with Crippen molar-refractivity contribution < 1.29 is 9.84 Å². The van der Waals surface area contributed by atoms with E-state index in [4.69, 9.17) is 4.74 Å². The van der Waals surface area contributed by atoms with Crippen LogP contribution in [0, 0.1) is 6.92 Å². The van der Waals surface area contributed by atoms with Crippen LogP contribution in [0.25, 0.3) is 10.9 Å². The number of ether oxygens (including phenoxy) is 1. The molecule has 1 heterocycles. The lowest BCUT2D eigenvalue weighted by molar-refractivity contribution is 0.373. The van der Waals surface area contributed by atoms with Gasteiger partial charge in [0.25, 0.3) is 5.56 Å². The Morgan fingerprint density at radius 1 is 1.22 bits per heavy atom. The molecular formula is C17H15N3O3. The zero-order valence-electron chi connectivity index (χ0n) is 12.7. The average molecular weight is 309 g/mol. The van der Waals surface area contributed by atoms with Crippen molar-refractivity contribution in [2.45, 2.75) is 6.92 Å². The summed E-state index contributed by atoms with van der Waals surface area (Å²) in [6.07, 6.45) is 1.41. The van der Waals surface area contributed by atoms with Gasteiger partial charge >= 0.3 is 0 Å². The highest BCUT2D eigenvalue weighted by Crippen LogP contribution is 2.28. The van der Waals surface area contributed by atoms with E-state index in [2.05, 4.69) is 10.1 Å². The van der Waals surface area contributed by atoms with Gasteiger partial charge in [-0.15, -0.1) is 0 Å². The fourth-order valence-corrected chi connectivity index (χ4v) is 2.30. The van der Waals surface area contributed by atoms with Gasteiger partial charge in [0.05, 0.1) is 24.2 Å².